The van der Waals surface area contributed by atoms with Crippen LogP contribution in [0.25, 0.3) is 0 Å². The third-order valence-corrected chi connectivity index (χ3v) is 5.32. The summed E-state index contributed by atoms with van der Waals surface area (Å²) in [5, 5.41) is 24.8. The van der Waals surface area contributed by atoms with E-state index in [2.05, 4.69) is 15.6 Å². The quantitative estimate of drug-likeness (QED) is 0.455. The maximum atomic E-state index is 12.9. The van der Waals surface area contributed by atoms with E-state index in [-0.39, 0.29) is 11.3 Å². The van der Waals surface area contributed by atoms with Gasteiger partial charge in [0.05, 0.1) is 17.5 Å². The van der Waals surface area contributed by atoms with Crippen molar-refractivity contribution in [2.75, 3.05) is 0 Å². The lowest BCUT2D eigenvalue weighted by Crippen LogP contribution is -2.30. The van der Waals surface area contributed by atoms with Crippen molar-refractivity contribution in [2.45, 2.75) is 18.5 Å². The molecular weight excluding hydrogens is 410 g/mol. The van der Waals surface area contributed by atoms with E-state index in [1.807, 2.05) is 60.7 Å². The summed E-state index contributed by atoms with van der Waals surface area (Å²) in [6, 6.07) is 19.0. The predicted octanol–water partition coefficient (Wildman–Crippen LogP) is 2.51. The van der Waals surface area contributed by atoms with E-state index in [0.29, 0.717) is 6.42 Å². The third kappa shape index (κ3) is 4.59. The number of hydrogen-bond donors (Lipinski definition) is 4. The number of nitrogens with one attached hydrogen (secondary N) is 2. The molecule has 2 aromatic carbocycles. The molecule has 0 unspecified atom stereocenters. The Balaban J connectivity index is 1.51. The van der Waals surface area contributed by atoms with Gasteiger partial charge < -0.3 is 20.8 Å². The van der Waals surface area contributed by atoms with Crippen LogP contribution in [0.1, 0.15) is 44.4 Å². The van der Waals surface area contributed by atoms with Crippen molar-refractivity contribution in [1.82, 2.24) is 15.6 Å². The van der Waals surface area contributed by atoms with E-state index in [0.717, 1.165) is 23.4 Å². The Hall–Kier alpha value is -4.20. The van der Waals surface area contributed by atoms with Crippen molar-refractivity contribution in [3.05, 3.63) is 95.3 Å². The van der Waals surface area contributed by atoms with Gasteiger partial charge in [0, 0.05) is 18.3 Å². The molecule has 0 aliphatic heterocycles. The number of pyridine rings is 1. The van der Waals surface area contributed by atoms with Gasteiger partial charge in [-0.25, -0.2) is 4.98 Å². The molecule has 2 amide bonds. The van der Waals surface area contributed by atoms with Gasteiger partial charge in [0.2, 0.25) is 0 Å². The molecule has 2 atom stereocenters. The van der Waals surface area contributed by atoms with Gasteiger partial charge in [-0.2, -0.15) is 0 Å². The van der Waals surface area contributed by atoms with Crippen LogP contribution in [0.3, 0.4) is 0 Å². The number of carbonyl (C=O) groups excluding carboxylic acids is 2. The number of benzene rings is 2. The fourth-order valence-electron chi connectivity index (χ4n) is 3.47. The highest BCUT2D eigenvalue weighted by Crippen LogP contribution is 2.31. The Kier molecular flexibility index (Phi) is 5.85. The summed E-state index contributed by atoms with van der Waals surface area (Å²) in [5.41, 5.74) is 1.56. The van der Waals surface area contributed by atoms with E-state index >= 15 is 0 Å². The van der Waals surface area contributed by atoms with Crippen molar-refractivity contribution >= 4 is 17.8 Å². The van der Waals surface area contributed by atoms with Gasteiger partial charge in [-0.1, -0.05) is 60.7 Å². The molecule has 0 bridgehead atoms. The van der Waals surface area contributed by atoms with Gasteiger partial charge >= 0.3 is 5.97 Å². The monoisotopic (exact) mass is 431 g/mol. The van der Waals surface area contributed by atoms with Crippen molar-refractivity contribution in [3.8, 4) is 5.75 Å². The largest absolute Gasteiger partial charge is 0.507 e. The number of amides is 2. The smallest absolute Gasteiger partial charge is 0.308 e. The zero-order chi connectivity index (χ0) is 22.7. The molecule has 1 aromatic heterocycles. The third-order valence-electron chi connectivity index (χ3n) is 5.32. The van der Waals surface area contributed by atoms with Gasteiger partial charge in [0.25, 0.3) is 11.8 Å². The van der Waals surface area contributed by atoms with Gasteiger partial charge in [-0.05, 0) is 17.5 Å². The Labute approximate surface area is 183 Å². The number of aromatic nitrogens is 1. The average Bonchev–Trinajstić information content (AvgIpc) is 3.58. The Morgan fingerprint density at radius 2 is 1.53 bits per heavy atom. The number of hydrogen-bond acceptors (Lipinski definition) is 5. The van der Waals surface area contributed by atoms with Crippen LogP contribution in [0, 0.1) is 5.92 Å². The first-order chi connectivity index (χ1) is 15.4. The zero-order valence-electron chi connectivity index (χ0n) is 16.9. The molecule has 162 valence electrons. The molecule has 1 saturated carbocycles. The topological polar surface area (TPSA) is 129 Å². The maximum Gasteiger partial charge on any atom is 0.308 e. The summed E-state index contributed by atoms with van der Waals surface area (Å²) < 4.78 is 0. The number of nitrogens with zero attached hydrogens (tertiary/aromatic N) is 1. The lowest BCUT2D eigenvalue weighted by molar-refractivity contribution is -0.138. The molecule has 32 heavy (non-hydrogen) atoms. The molecule has 8 nitrogen and oxygen atoms in total. The number of aliphatic carboxylic acids is 1. The number of aromatic hydroxyl groups is 1. The molecule has 0 spiro atoms. The molecule has 1 aliphatic rings. The SMILES string of the molecule is O=C(N[C@@H]1C[C@H]1C(=O)O)c1cc(O)c(C(=O)NC(c2ccccc2)c2ccccc2)cn1. The lowest BCUT2D eigenvalue weighted by Gasteiger charge is -2.20. The first-order valence-corrected chi connectivity index (χ1v) is 10.1. The van der Waals surface area contributed by atoms with Crippen molar-refractivity contribution < 1.29 is 24.6 Å². The molecule has 8 heteroatoms. The fourth-order valence-corrected chi connectivity index (χ4v) is 3.47. The van der Waals surface area contributed by atoms with Crippen LogP contribution in [0.2, 0.25) is 0 Å². The number of rotatable bonds is 7. The highest BCUT2D eigenvalue weighted by molar-refractivity contribution is 5.99. The number of carbonyl (C=O) groups is 3. The van der Waals surface area contributed by atoms with Crippen LogP contribution >= 0.6 is 0 Å². The molecule has 0 radical (unpaired) electrons. The van der Waals surface area contributed by atoms with Crippen LogP contribution in [-0.2, 0) is 4.79 Å². The second kappa shape index (κ2) is 8.89. The zero-order valence-corrected chi connectivity index (χ0v) is 16.9. The first-order valence-electron chi connectivity index (χ1n) is 10.1. The minimum absolute atomic E-state index is 0.0757. The van der Waals surface area contributed by atoms with Crippen molar-refractivity contribution in [3.63, 3.8) is 0 Å². The molecule has 1 fully saturated rings. The molecule has 0 saturated heterocycles. The summed E-state index contributed by atoms with van der Waals surface area (Å²) in [6.07, 6.45) is 1.49. The second-order valence-electron chi connectivity index (χ2n) is 7.57. The highest BCUT2D eigenvalue weighted by Gasteiger charge is 2.44. The standard InChI is InChI=1S/C24H21N3O5/c28-20-12-19(23(30)26-18-11-16(18)24(31)32)25-13-17(20)22(29)27-21(14-7-3-1-4-8-14)15-9-5-2-6-10-15/h1-10,12-13,16,18,21H,11H2,(H,25,28)(H,26,30)(H,27,29)(H,31,32)/t16-,18-/m1/s1. The average molecular weight is 431 g/mol. The van der Waals surface area contributed by atoms with Gasteiger partial charge in [-0.15, -0.1) is 0 Å². The summed E-state index contributed by atoms with van der Waals surface area (Å²) in [4.78, 5) is 40.1. The molecule has 1 aliphatic carbocycles. The van der Waals surface area contributed by atoms with E-state index in [4.69, 9.17) is 5.11 Å². The molecule has 1 heterocycles. The van der Waals surface area contributed by atoms with E-state index < -0.39 is 41.5 Å². The number of carboxylic acids is 1. The Morgan fingerprint density at radius 3 is 2.03 bits per heavy atom. The summed E-state index contributed by atoms with van der Waals surface area (Å²) in [5.74, 6) is -3.12. The van der Waals surface area contributed by atoms with E-state index in [9.17, 15) is 19.5 Å². The molecular formula is C24H21N3O5. The van der Waals surface area contributed by atoms with Crippen LogP contribution in [0.4, 0.5) is 0 Å². The van der Waals surface area contributed by atoms with Gasteiger partial charge in [0.15, 0.2) is 0 Å². The minimum Gasteiger partial charge on any atom is -0.507 e. The summed E-state index contributed by atoms with van der Waals surface area (Å²) >= 11 is 0. The molecule has 4 rings (SSSR count). The summed E-state index contributed by atoms with van der Waals surface area (Å²) in [7, 11) is 0. The van der Waals surface area contributed by atoms with Crippen molar-refractivity contribution in [2.24, 2.45) is 5.92 Å². The predicted molar refractivity (Wildman–Crippen MR) is 115 cm³/mol. The fraction of sp³-hybridized carbons (Fsp3) is 0.167. The van der Waals surface area contributed by atoms with Crippen LogP contribution in [0.15, 0.2) is 72.9 Å². The molecule has 4 N–H and O–H groups in total. The van der Waals surface area contributed by atoms with E-state index in [1.54, 1.807) is 0 Å². The Bertz CT molecular complexity index is 1110. The minimum atomic E-state index is -0.968. The van der Waals surface area contributed by atoms with Crippen LogP contribution in [0.5, 0.6) is 5.75 Å². The van der Waals surface area contributed by atoms with Gasteiger partial charge in [-0.3, -0.25) is 14.4 Å². The van der Waals surface area contributed by atoms with Crippen molar-refractivity contribution in [1.29, 1.82) is 0 Å². The van der Waals surface area contributed by atoms with Gasteiger partial charge in [0.1, 0.15) is 11.4 Å². The number of carboxylic acid groups (broad SMARTS) is 1. The van der Waals surface area contributed by atoms with E-state index in [1.165, 1.54) is 0 Å². The van der Waals surface area contributed by atoms with Crippen LogP contribution < -0.4 is 10.6 Å². The normalized spacial score (nSPS) is 16.9. The maximum absolute atomic E-state index is 12.9. The molecule has 3 aromatic rings. The van der Waals surface area contributed by atoms with Crippen LogP contribution in [-0.4, -0.2) is 39.0 Å². The lowest BCUT2D eigenvalue weighted by atomic mass is 9.98. The highest BCUT2D eigenvalue weighted by atomic mass is 16.4. The Morgan fingerprint density at radius 1 is 0.938 bits per heavy atom. The summed E-state index contributed by atoms with van der Waals surface area (Å²) in [6.45, 7) is 0. The second-order valence-corrected chi connectivity index (χ2v) is 7.57. The first kappa shape index (κ1) is 21.0.